The molecular formula is C16H20N2S. The summed E-state index contributed by atoms with van der Waals surface area (Å²) in [7, 11) is 0. The Labute approximate surface area is 118 Å². The molecule has 1 aliphatic heterocycles. The van der Waals surface area contributed by atoms with Crippen LogP contribution in [0.2, 0.25) is 0 Å². The van der Waals surface area contributed by atoms with Crippen LogP contribution in [-0.2, 0) is 26.1 Å². The Kier molecular flexibility index (Phi) is 3.97. The number of benzene rings is 1. The average molecular weight is 272 g/mol. The van der Waals surface area contributed by atoms with Gasteiger partial charge in [0.05, 0.1) is 0 Å². The molecule has 0 spiro atoms. The molecule has 0 fully saturated rings. The normalized spacial score (nSPS) is 14.4. The maximum Gasteiger partial charge on any atom is 0.0303 e. The van der Waals surface area contributed by atoms with E-state index in [4.69, 9.17) is 0 Å². The van der Waals surface area contributed by atoms with Gasteiger partial charge in [0.25, 0.3) is 0 Å². The van der Waals surface area contributed by atoms with Gasteiger partial charge in [-0.15, -0.1) is 11.3 Å². The summed E-state index contributed by atoms with van der Waals surface area (Å²) in [6, 6.07) is 11.1. The summed E-state index contributed by atoms with van der Waals surface area (Å²) in [6.07, 6.45) is 1.16. The van der Waals surface area contributed by atoms with Gasteiger partial charge in [0, 0.05) is 29.4 Å². The molecule has 1 aromatic carbocycles. The Balaban J connectivity index is 1.64. The van der Waals surface area contributed by atoms with E-state index in [1.54, 1.807) is 5.56 Å². The van der Waals surface area contributed by atoms with Gasteiger partial charge in [-0.1, -0.05) is 18.2 Å². The van der Waals surface area contributed by atoms with E-state index in [9.17, 15) is 0 Å². The van der Waals surface area contributed by atoms with Gasteiger partial charge in [-0.25, -0.2) is 0 Å². The van der Waals surface area contributed by atoms with Gasteiger partial charge in [0.2, 0.25) is 0 Å². The van der Waals surface area contributed by atoms with Gasteiger partial charge in [0.15, 0.2) is 0 Å². The Bertz CT molecular complexity index is 560. The number of hydrogen-bond donors (Lipinski definition) is 2. The van der Waals surface area contributed by atoms with Crippen LogP contribution >= 0.6 is 11.3 Å². The first-order valence-corrected chi connectivity index (χ1v) is 7.71. The minimum absolute atomic E-state index is 0.972. The summed E-state index contributed by atoms with van der Waals surface area (Å²) in [5, 5.41) is 7.01. The van der Waals surface area contributed by atoms with Gasteiger partial charge in [-0.2, -0.15) is 0 Å². The highest BCUT2D eigenvalue weighted by Gasteiger charge is 2.11. The monoisotopic (exact) mass is 272 g/mol. The largest absolute Gasteiger partial charge is 0.312 e. The van der Waals surface area contributed by atoms with E-state index < -0.39 is 0 Å². The number of nitrogens with one attached hydrogen (secondary N) is 2. The molecule has 1 aromatic heterocycles. The average Bonchev–Trinajstić information content (AvgIpc) is 2.85. The molecule has 0 radical (unpaired) electrons. The molecule has 100 valence electrons. The summed E-state index contributed by atoms with van der Waals surface area (Å²) in [5.41, 5.74) is 4.49. The van der Waals surface area contributed by atoms with E-state index in [1.165, 1.54) is 20.9 Å². The standard InChI is InChI=1S/C16H20N2S/c1-12-5-6-15(19-12)11-18-10-14-4-2-3-13-9-17-8-7-16(13)14/h2-6,17-18H,7-11H2,1H3. The molecular weight excluding hydrogens is 252 g/mol. The summed E-state index contributed by atoms with van der Waals surface area (Å²) in [4.78, 5) is 2.81. The molecule has 0 bridgehead atoms. The molecule has 2 nitrogen and oxygen atoms in total. The second-order valence-corrected chi connectivity index (χ2v) is 6.47. The van der Waals surface area contributed by atoms with Gasteiger partial charge in [-0.3, -0.25) is 0 Å². The van der Waals surface area contributed by atoms with E-state index in [0.717, 1.165) is 32.6 Å². The smallest absolute Gasteiger partial charge is 0.0303 e. The van der Waals surface area contributed by atoms with Crippen LogP contribution in [0.5, 0.6) is 0 Å². The maximum absolute atomic E-state index is 3.57. The van der Waals surface area contributed by atoms with Crippen LogP contribution in [0.15, 0.2) is 30.3 Å². The highest BCUT2D eigenvalue weighted by Crippen LogP contribution is 2.19. The molecule has 2 aromatic rings. The fourth-order valence-corrected chi connectivity index (χ4v) is 3.54. The molecule has 19 heavy (non-hydrogen) atoms. The highest BCUT2D eigenvalue weighted by atomic mass is 32.1. The van der Waals surface area contributed by atoms with Crippen LogP contribution in [0.3, 0.4) is 0 Å². The van der Waals surface area contributed by atoms with Gasteiger partial charge in [-0.05, 0) is 48.7 Å². The lowest BCUT2D eigenvalue weighted by atomic mass is 9.95. The fraction of sp³-hybridized carbons (Fsp3) is 0.375. The fourth-order valence-electron chi connectivity index (χ4n) is 2.68. The summed E-state index contributed by atoms with van der Waals surface area (Å²) < 4.78 is 0. The molecule has 0 unspecified atom stereocenters. The highest BCUT2D eigenvalue weighted by molar-refractivity contribution is 7.11. The Morgan fingerprint density at radius 3 is 3.00 bits per heavy atom. The second-order valence-electron chi connectivity index (χ2n) is 5.10. The van der Waals surface area contributed by atoms with Crippen molar-refractivity contribution in [2.45, 2.75) is 33.0 Å². The molecule has 2 N–H and O–H groups in total. The van der Waals surface area contributed by atoms with E-state index in [-0.39, 0.29) is 0 Å². The van der Waals surface area contributed by atoms with Crippen molar-refractivity contribution in [2.24, 2.45) is 0 Å². The van der Waals surface area contributed by atoms with Gasteiger partial charge >= 0.3 is 0 Å². The molecule has 2 heterocycles. The number of aryl methyl sites for hydroxylation is 1. The minimum Gasteiger partial charge on any atom is -0.312 e. The van der Waals surface area contributed by atoms with Crippen LogP contribution in [0.1, 0.15) is 26.4 Å². The first kappa shape index (κ1) is 12.9. The number of hydrogen-bond acceptors (Lipinski definition) is 3. The van der Waals surface area contributed by atoms with Crippen LogP contribution in [0, 0.1) is 6.92 Å². The lowest BCUT2D eigenvalue weighted by molar-refractivity contribution is 0.627. The second kappa shape index (κ2) is 5.87. The first-order chi connectivity index (χ1) is 9.33. The predicted octanol–water partition coefficient (Wildman–Crippen LogP) is 2.99. The number of thiophene rings is 1. The molecule has 0 aliphatic carbocycles. The van der Waals surface area contributed by atoms with Crippen molar-refractivity contribution in [2.75, 3.05) is 6.54 Å². The topological polar surface area (TPSA) is 24.1 Å². The van der Waals surface area contributed by atoms with E-state index in [1.807, 2.05) is 11.3 Å². The SMILES string of the molecule is Cc1ccc(CNCc2cccc3c2CCNC3)s1. The number of fused-ring (bicyclic) bond motifs is 1. The summed E-state index contributed by atoms with van der Waals surface area (Å²) in [5.74, 6) is 0. The summed E-state index contributed by atoms with van der Waals surface area (Å²) >= 11 is 1.88. The molecule has 0 amide bonds. The van der Waals surface area contributed by atoms with Crippen molar-refractivity contribution >= 4 is 11.3 Å². The van der Waals surface area contributed by atoms with Crippen molar-refractivity contribution < 1.29 is 0 Å². The van der Waals surface area contributed by atoms with Crippen LogP contribution in [-0.4, -0.2) is 6.54 Å². The van der Waals surface area contributed by atoms with E-state index in [2.05, 4.69) is 47.9 Å². The zero-order chi connectivity index (χ0) is 13.1. The zero-order valence-electron chi connectivity index (χ0n) is 11.3. The third-order valence-corrected chi connectivity index (χ3v) is 4.65. The molecule has 3 heteroatoms. The first-order valence-electron chi connectivity index (χ1n) is 6.89. The summed E-state index contributed by atoms with van der Waals surface area (Å²) in [6.45, 7) is 6.23. The third-order valence-electron chi connectivity index (χ3n) is 3.65. The lowest BCUT2D eigenvalue weighted by Crippen LogP contribution is -2.25. The van der Waals surface area contributed by atoms with Crippen molar-refractivity contribution in [3.8, 4) is 0 Å². The predicted molar refractivity (Wildman–Crippen MR) is 81.5 cm³/mol. The van der Waals surface area contributed by atoms with Crippen LogP contribution in [0.25, 0.3) is 0 Å². The number of rotatable bonds is 4. The van der Waals surface area contributed by atoms with E-state index in [0.29, 0.717) is 0 Å². The molecule has 0 atom stereocenters. The molecule has 1 aliphatic rings. The minimum atomic E-state index is 0.972. The van der Waals surface area contributed by atoms with E-state index >= 15 is 0 Å². The Morgan fingerprint density at radius 2 is 2.16 bits per heavy atom. The van der Waals surface area contributed by atoms with Crippen LogP contribution < -0.4 is 10.6 Å². The lowest BCUT2D eigenvalue weighted by Gasteiger charge is -2.20. The van der Waals surface area contributed by atoms with Crippen molar-refractivity contribution in [3.63, 3.8) is 0 Å². The molecule has 0 saturated heterocycles. The van der Waals surface area contributed by atoms with Crippen molar-refractivity contribution in [1.82, 2.24) is 10.6 Å². The Hall–Kier alpha value is -1.16. The zero-order valence-corrected chi connectivity index (χ0v) is 12.1. The third kappa shape index (κ3) is 3.06. The van der Waals surface area contributed by atoms with Crippen molar-refractivity contribution in [3.05, 3.63) is 56.8 Å². The van der Waals surface area contributed by atoms with Gasteiger partial charge < -0.3 is 10.6 Å². The maximum atomic E-state index is 3.57. The van der Waals surface area contributed by atoms with Crippen LogP contribution in [0.4, 0.5) is 0 Å². The quantitative estimate of drug-likeness (QED) is 0.894. The van der Waals surface area contributed by atoms with Crippen molar-refractivity contribution in [1.29, 1.82) is 0 Å². The molecule has 3 rings (SSSR count). The molecule has 0 saturated carbocycles. The van der Waals surface area contributed by atoms with Gasteiger partial charge in [0.1, 0.15) is 0 Å². The Morgan fingerprint density at radius 1 is 1.21 bits per heavy atom.